The lowest BCUT2D eigenvalue weighted by atomic mass is 10.0. The van der Waals surface area contributed by atoms with E-state index in [-0.39, 0.29) is 11.9 Å². The zero-order chi connectivity index (χ0) is 21.8. The molecule has 1 atom stereocenters. The summed E-state index contributed by atoms with van der Waals surface area (Å²) >= 11 is 0. The second-order valence-corrected chi connectivity index (χ2v) is 8.20. The van der Waals surface area contributed by atoms with E-state index in [0.29, 0.717) is 12.5 Å². The number of tetrazole rings is 1. The molecular formula is C23H29FN6O. The summed E-state index contributed by atoms with van der Waals surface area (Å²) in [6.07, 6.45) is 0. The van der Waals surface area contributed by atoms with Gasteiger partial charge in [0.05, 0.1) is 25.4 Å². The fraction of sp³-hybridized carbons (Fsp3) is 0.435. The number of anilines is 1. The van der Waals surface area contributed by atoms with Gasteiger partial charge in [-0.1, -0.05) is 38.1 Å². The van der Waals surface area contributed by atoms with Gasteiger partial charge >= 0.3 is 0 Å². The van der Waals surface area contributed by atoms with Crippen LogP contribution in [0.25, 0.3) is 0 Å². The quantitative estimate of drug-likeness (QED) is 0.580. The maximum absolute atomic E-state index is 13.3. The first-order valence-corrected chi connectivity index (χ1v) is 10.7. The standard InChI is InChI=1S/C23H29FN6O/c1-17(2)22(23-25-26-27-30(23)16-18-8-10-19(24)11-9-18)29-14-12-28(13-15-29)20-6-4-5-7-21(20)31-3/h4-11,17,22H,12-16H2,1-3H3/t22-/m1/s1. The Bertz CT molecular complexity index is 982. The van der Waals surface area contributed by atoms with E-state index >= 15 is 0 Å². The summed E-state index contributed by atoms with van der Waals surface area (Å²) in [4.78, 5) is 4.83. The molecule has 1 aliphatic rings. The van der Waals surface area contributed by atoms with Crippen molar-refractivity contribution in [1.29, 1.82) is 0 Å². The molecule has 31 heavy (non-hydrogen) atoms. The molecule has 0 amide bonds. The molecule has 0 saturated carbocycles. The molecule has 164 valence electrons. The van der Waals surface area contributed by atoms with Crippen LogP contribution in [0, 0.1) is 11.7 Å². The van der Waals surface area contributed by atoms with Gasteiger partial charge in [0.2, 0.25) is 0 Å². The van der Waals surface area contributed by atoms with Gasteiger partial charge in [-0.2, -0.15) is 0 Å². The number of halogens is 1. The Kier molecular flexibility index (Phi) is 6.46. The molecule has 1 aromatic heterocycles. The van der Waals surface area contributed by atoms with Crippen LogP contribution in [0.5, 0.6) is 5.75 Å². The molecule has 8 heteroatoms. The molecule has 0 radical (unpaired) electrons. The molecule has 0 bridgehead atoms. The Morgan fingerprint density at radius 2 is 1.71 bits per heavy atom. The van der Waals surface area contributed by atoms with Crippen LogP contribution in [0.3, 0.4) is 0 Å². The topological polar surface area (TPSA) is 59.3 Å². The largest absolute Gasteiger partial charge is 0.495 e. The van der Waals surface area contributed by atoms with Crippen LogP contribution in [-0.4, -0.2) is 58.4 Å². The number of rotatable bonds is 7. The second-order valence-electron chi connectivity index (χ2n) is 8.20. The number of piperazine rings is 1. The Hall–Kier alpha value is -3.00. The predicted molar refractivity (Wildman–Crippen MR) is 118 cm³/mol. The van der Waals surface area contributed by atoms with Crippen molar-refractivity contribution in [2.24, 2.45) is 5.92 Å². The Labute approximate surface area is 182 Å². The SMILES string of the molecule is COc1ccccc1N1CCN([C@@H](c2nnnn2Cc2ccc(F)cc2)C(C)C)CC1. The number of para-hydroxylation sites is 2. The number of hydrogen-bond acceptors (Lipinski definition) is 6. The van der Waals surface area contributed by atoms with Crippen molar-refractivity contribution in [3.8, 4) is 5.75 Å². The lowest BCUT2D eigenvalue weighted by Gasteiger charge is -2.41. The maximum Gasteiger partial charge on any atom is 0.169 e. The molecule has 1 aliphatic heterocycles. The minimum Gasteiger partial charge on any atom is -0.495 e. The summed E-state index contributed by atoms with van der Waals surface area (Å²) in [5.41, 5.74) is 2.10. The normalized spacial score (nSPS) is 16.0. The van der Waals surface area contributed by atoms with Crippen molar-refractivity contribution in [2.45, 2.75) is 26.4 Å². The molecule has 7 nitrogen and oxygen atoms in total. The molecule has 1 saturated heterocycles. The molecule has 1 fully saturated rings. The van der Waals surface area contributed by atoms with Crippen LogP contribution < -0.4 is 9.64 Å². The summed E-state index contributed by atoms with van der Waals surface area (Å²) in [6.45, 7) is 8.55. The molecule has 2 aromatic carbocycles. The summed E-state index contributed by atoms with van der Waals surface area (Å²) in [5.74, 6) is 1.86. The number of aromatic nitrogens is 4. The smallest absolute Gasteiger partial charge is 0.169 e. The van der Waals surface area contributed by atoms with E-state index in [1.54, 1.807) is 19.2 Å². The Morgan fingerprint density at radius 1 is 1.00 bits per heavy atom. The molecule has 2 heterocycles. The van der Waals surface area contributed by atoms with Gasteiger partial charge in [0.15, 0.2) is 5.82 Å². The van der Waals surface area contributed by atoms with Crippen LogP contribution in [-0.2, 0) is 6.54 Å². The first kappa shape index (κ1) is 21.2. The number of benzene rings is 2. The van der Waals surface area contributed by atoms with Gasteiger partial charge in [0.25, 0.3) is 0 Å². The van der Waals surface area contributed by atoms with Gasteiger partial charge in [-0.05, 0) is 46.2 Å². The first-order valence-electron chi connectivity index (χ1n) is 10.7. The summed E-state index contributed by atoms with van der Waals surface area (Å²) in [5, 5.41) is 12.6. The van der Waals surface area contributed by atoms with Crippen molar-refractivity contribution in [2.75, 3.05) is 38.2 Å². The molecule has 0 aliphatic carbocycles. The van der Waals surface area contributed by atoms with E-state index in [4.69, 9.17) is 4.74 Å². The monoisotopic (exact) mass is 424 g/mol. The zero-order valence-corrected chi connectivity index (χ0v) is 18.3. The van der Waals surface area contributed by atoms with Gasteiger partial charge in [-0.15, -0.1) is 5.10 Å². The molecular weight excluding hydrogens is 395 g/mol. The van der Waals surface area contributed by atoms with Gasteiger partial charge in [-0.25, -0.2) is 9.07 Å². The van der Waals surface area contributed by atoms with Crippen LogP contribution in [0.15, 0.2) is 48.5 Å². The Balaban J connectivity index is 1.49. The first-order chi connectivity index (χ1) is 15.1. The average Bonchev–Trinajstić information content (AvgIpc) is 3.23. The second kappa shape index (κ2) is 9.43. The lowest BCUT2D eigenvalue weighted by molar-refractivity contribution is 0.135. The summed E-state index contributed by atoms with van der Waals surface area (Å²) < 4.78 is 20.6. The van der Waals surface area contributed by atoms with Gasteiger partial charge < -0.3 is 9.64 Å². The number of ether oxygens (including phenoxy) is 1. The lowest BCUT2D eigenvalue weighted by Crippen LogP contribution is -2.49. The van der Waals surface area contributed by atoms with Crippen LogP contribution in [0.1, 0.15) is 31.3 Å². The van der Waals surface area contributed by atoms with E-state index in [0.717, 1.165) is 49.0 Å². The summed E-state index contributed by atoms with van der Waals surface area (Å²) in [6, 6.07) is 14.7. The van der Waals surface area contributed by atoms with E-state index in [9.17, 15) is 4.39 Å². The van der Waals surface area contributed by atoms with E-state index in [1.165, 1.54) is 12.1 Å². The third kappa shape index (κ3) is 4.69. The van der Waals surface area contributed by atoms with Crippen molar-refractivity contribution in [3.63, 3.8) is 0 Å². The van der Waals surface area contributed by atoms with Gasteiger partial charge in [0, 0.05) is 26.2 Å². The van der Waals surface area contributed by atoms with Crippen molar-refractivity contribution in [3.05, 3.63) is 65.7 Å². The average molecular weight is 425 g/mol. The molecule has 3 aromatic rings. The van der Waals surface area contributed by atoms with E-state index < -0.39 is 0 Å². The highest BCUT2D eigenvalue weighted by Gasteiger charge is 2.32. The van der Waals surface area contributed by atoms with Crippen molar-refractivity contribution < 1.29 is 9.13 Å². The molecule has 0 N–H and O–H groups in total. The predicted octanol–water partition coefficient (Wildman–Crippen LogP) is 3.39. The maximum atomic E-state index is 13.3. The third-order valence-electron chi connectivity index (χ3n) is 5.83. The van der Waals surface area contributed by atoms with Crippen LogP contribution >= 0.6 is 0 Å². The van der Waals surface area contributed by atoms with Crippen molar-refractivity contribution in [1.82, 2.24) is 25.1 Å². The summed E-state index contributed by atoms with van der Waals surface area (Å²) in [7, 11) is 1.71. The number of methoxy groups -OCH3 is 1. The van der Waals surface area contributed by atoms with Gasteiger partial charge in [0.1, 0.15) is 11.6 Å². The minimum atomic E-state index is -0.242. The van der Waals surface area contributed by atoms with Crippen LogP contribution in [0.2, 0.25) is 0 Å². The third-order valence-corrected chi connectivity index (χ3v) is 5.83. The van der Waals surface area contributed by atoms with Crippen molar-refractivity contribution >= 4 is 5.69 Å². The van der Waals surface area contributed by atoms with E-state index in [1.807, 2.05) is 22.9 Å². The fourth-order valence-electron chi connectivity index (χ4n) is 4.31. The molecule has 0 unspecified atom stereocenters. The minimum absolute atomic E-state index is 0.107. The van der Waals surface area contributed by atoms with Crippen LogP contribution in [0.4, 0.5) is 10.1 Å². The molecule has 4 rings (SSSR count). The Morgan fingerprint density at radius 3 is 2.39 bits per heavy atom. The highest BCUT2D eigenvalue weighted by Crippen LogP contribution is 2.32. The number of hydrogen-bond donors (Lipinski definition) is 0. The highest BCUT2D eigenvalue weighted by atomic mass is 19.1. The highest BCUT2D eigenvalue weighted by molar-refractivity contribution is 5.58. The fourth-order valence-corrected chi connectivity index (χ4v) is 4.31. The zero-order valence-electron chi connectivity index (χ0n) is 18.3. The van der Waals surface area contributed by atoms with Gasteiger partial charge in [-0.3, -0.25) is 4.90 Å². The van der Waals surface area contributed by atoms with E-state index in [2.05, 4.69) is 45.2 Å². The number of nitrogens with zero attached hydrogens (tertiary/aromatic N) is 6. The molecule has 0 spiro atoms.